The molecule has 1 N–H and O–H groups in total. The number of aryl methyl sites for hydroxylation is 2. The Bertz CT molecular complexity index is 991. The van der Waals surface area contributed by atoms with Crippen molar-refractivity contribution < 1.29 is 4.79 Å². The Morgan fingerprint density at radius 1 is 1.46 bits per heavy atom. The van der Waals surface area contributed by atoms with Crippen molar-refractivity contribution in [2.24, 2.45) is 0 Å². The quantitative estimate of drug-likeness (QED) is 0.791. The number of carbonyl (C=O) groups is 1. The molecule has 0 saturated heterocycles. The number of carbonyl (C=O) groups excluding carboxylic acids is 1. The number of amides is 1. The third-order valence-corrected chi connectivity index (χ3v) is 5.48. The molecule has 24 heavy (non-hydrogen) atoms. The van der Waals surface area contributed by atoms with Crippen LogP contribution in [-0.4, -0.2) is 20.4 Å². The van der Waals surface area contributed by atoms with Crippen LogP contribution in [0.5, 0.6) is 0 Å². The van der Waals surface area contributed by atoms with E-state index in [1.807, 2.05) is 19.1 Å². The molecule has 0 aliphatic carbocycles. The SMILES string of the molecule is Cc1c(C(=O)NCc2cccnc2)sc2nc3n(c(=O)c12)CCC3. The van der Waals surface area contributed by atoms with Gasteiger partial charge < -0.3 is 5.32 Å². The first-order valence-corrected chi connectivity index (χ1v) is 8.66. The summed E-state index contributed by atoms with van der Waals surface area (Å²) in [6, 6.07) is 3.74. The van der Waals surface area contributed by atoms with Crippen molar-refractivity contribution >= 4 is 27.5 Å². The Balaban J connectivity index is 1.67. The highest BCUT2D eigenvalue weighted by molar-refractivity contribution is 7.20. The molecule has 1 amide bonds. The van der Waals surface area contributed by atoms with E-state index in [0.717, 1.165) is 36.3 Å². The van der Waals surface area contributed by atoms with Gasteiger partial charge in [-0.15, -0.1) is 11.3 Å². The van der Waals surface area contributed by atoms with E-state index < -0.39 is 0 Å². The molecule has 6 nitrogen and oxygen atoms in total. The molecule has 0 saturated carbocycles. The van der Waals surface area contributed by atoms with Crippen LogP contribution in [-0.2, 0) is 19.5 Å². The van der Waals surface area contributed by atoms with E-state index in [9.17, 15) is 9.59 Å². The topological polar surface area (TPSA) is 76.9 Å². The molecule has 0 atom stereocenters. The van der Waals surface area contributed by atoms with Crippen molar-refractivity contribution in [3.8, 4) is 0 Å². The van der Waals surface area contributed by atoms with Crippen molar-refractivity contribution in [1.29, 1.82) is 0 Å². The Labute approximate surface area is 142 Å². The second-order valence-electron chi connectivity index (χ2n) is 5.87. The largest absolute Gasteiger partial charge is 0.347 e. The summed E-state index contributed by atoms with van der Waals surface area (Å²) in [5.41, 5.74) is 1.63. The Morgan fingerprint density at radius 3 is 3.12 bits per heavy atom. The molecule has 3 aromatic heterocycles. The van der Waals surface area contributed by atoms with Crippen LogP contribution in [0, 0.1) is 6.92 Å². The molecule has 0 spiro atoms. The monoisotopic (exact) mass is 340 g/mol. The molecule has 1 aliphatic rings. The molecule has 0 fully saturated rings. The van der Waals surface area contributed by atoms with Gasteiger partial charge in [-0.3, -0.25) is 19.1 Å². The molecule has 7 heteroatoms. The van der Waals surface area contributed by atoms with Crippen molar-refractivity contribution in [2.75, 3.05) is 0 Å². The number of hydrogen-bond acceptors (Lipinski definition) is 5. The second kappa shape index (κ2) is 5.83. The van der Waals surface area contributed by atoms with Gasteiger partial charge in [0.25, 0.3) is 11.5 Å². The standard InChI is InChI=1S/C17H16N4O2S/c1-10-13-16(20-12-5-3-7-21(12)17(13)23)24-14(10)15(22)19-9-11-4-2-6-18-8-11/h2,4,6,8H,3,5,7,9H2,1H3,(H,19,22). The minimum atomic E-state index is -0.177. The van der Waals surface area contributed by atoms with E-state index in [-0.39, 0.29) is 11.5 Å². The van der Waals surface area contributed by atoms with Gasteiger partial charge in [-0.2, -0.15) is 0 Å². The van der Waals surface area contributed by atoms with Crippen molar-refractivity contribution in [2.45, 2.75) is 32.9 Å². The van der Waals surface area contributed by atoms with Gasteiger partial charge in [0, 0.05) is 31.9 Å². The summed E-state index contributed by atoms with van der Waals surface area (Å²) in [4.78, 5) is 35.0. The first-order chi connectivity index (χ1) is 11.6. The number of thiophene rings is 1. The maximum absolute atomic E-state index is 12.6. The lowest BCUT2D eigenvalue weighted by Gasteiger charge is -2.04. The van der Waals surface area contributed by atoms with Gasteiger partial charge >= 0.3 is 0 Å². The predicted molar refractivity (Wildman–Crippen MR) is 92.3 cm³/mol. The van der Waals surface area contributed by atoms with Crippen LogP contribution in [0.2, 0.25) is 0 Å². The van der Waals surface area contributed by atoms with Gasteiger partial charge in [0.15, 0.2) is 0 Å². The zero-order valence-corrected chi connectivity index (χ0v) is 14.0. The van der Waals surface area contributed by atoms with Crippen LogP contribution in [0.15, 0.2) is 29.3 Å². The lowest BCUT2D eigenvalue weighted by atomic mass is 10.2. The maximum Gasteiger partial charge on any atom is 0.262 e. The molecule has 3 aromatic rings. The van der Waals surface area contributed by atoms with Crippen LogP contribution in [0.3, 0.4) is 0 Å². The van der Waals surface area contributed by atoms with Gasteiger partial charge in [0.2, 0.25) is 0 Å². The average molecular weight is 340 g/mol. The normalized spacial score (nSPS) is 13.2. The molecule has 0 aromatic carbocycles. The molecule has 1 aliphatic heterocycles. The number of nitrogens with zero attached hydrogens (tertiary/aromatic N) is 3. The number of fused-ring (bicyclic) bond motifs is 2. The highest BCUT2D eigenvalue weighted by atomic mass is 32.1. The first-order valence-electron chi connectivity index (χ1n) is 7.85. The Morgan fingerprint density at radius 2 is 2.33 bits per heavy atom. The first kappa shape index (κ1) is 15.0. The second-order valence-corrected chi connectivity index (χ2v) is 6.87. The highest BCUT2D eigenvalue weighted by Crippen LogP contribution is 2.28. The number of pyridine rings is 1. The third-order valence-electron chi connectivity index (χ3n) is 4.29. The van der Waals surface area contributed by atoms with E-state index in [4.69, 9.17) is 0 Å². The summed E-state index contributed by atoms with van der Waals surface area (Å²) in [6.07, 6.45) is 5.19. The van der Waals surface area contributed by atoms with Crippen molar-refractivity contribution in [3.63, 3.8) is 0 Å². The van der Waals surface area contributed by atoms with E-state index in [1.165, 1.54) is 11.3 Å². The van der Waals surface area contributed by atoms with Gasteiger partial charge in [-0.25, -0.2) is 4.98 Å². The van der Waals surface area contributed by atoms with E-state index in [0.29, 0.717) is 21.6 Å². The Hall–Kier alpha value is -2.54. The minimum Gasteiger partial charge on any atom is -0.347 e. The smallest absolute Gasteiger partial charge is 0.262 e. The molecule has 4 heterocycles. The zero-order valence-electron chi connectivity index (χ0n) is 13.2. The van der Waals surface area contributed by atoms with Crippen LogP contribution in [0.25, 0.3) is 10.2 Å². The third kappa shape index (κ3) is 2.41. The molecular formula is C17H16N4O2S. The van der Waals surface area contributed by atoms with Gasteiger partial charge in [-0.1, -0.05) is 6.07 Å². The molecular weight excluding hydrogens is 324 g/mol. The summed E-state index contributed by atoms with van der Waals surface area (Å²) >= 11 is 1.30. The molecule has 0 radical (unpaired) electrons. The highest BCUT2D eigenvalue weighted by Gasteiger charge is 2.23. The van der Waals surface area contributed by atoms with Gasteiger partial charge in [0.05, 0.1) is 10.3 Å². The van der Waals surface area contributed by atoms with E-state index in [1.54, 1.807) is 17.0 Å². The molecule has 4 rings (SSSR count). The van der Waals surface area contributed by atoms with E-state index >= 15 is 0 Å². The average Bonchev–Trinajstić information content (AvgIpc) is 3.19. The molecule has 0 bridgehead atoms. The summed E-state index contributed by atoms with van der Waals surface area (Å²) in [5, 5.41) is 3.47. The summed E-state index contributed by atoms with van der Waals surface area (Å²) in [6.45, 7) is 2.95. The maximum atomic E-state index is 12.6. The fraction of sp³-hybridized carbons (Fsp3) is 0.294. The minimum absolute atomic E-state index is 0.0208. The summed E-state index contributed by atoms with van der Waals surface area (Å²) in [7, 11) is 0. The fourth-order valence-electron chi connectivity index (χ4n) is 3.06. The lowest BCUT2D eigenvalue weighted by molar-refractivity contribution is 0.0954. The van der Waals surface area contributed by atoms with Gasteiger partial charge in [0.1, 0.15) is 10.7 Å². The zero-order chi connectivity index (χ0) is 16.7. The van der Waals surface area contributed by atoms with Crippen LogP contribution < -0.4 is 10.9 Å². The fourth-order valence-corrected chi connectivity index (χ4v) is 4.16. The van der Waals surface area contributed by atoms with Crippen molar-refractivity contribution in [3.05, 3.63) is 56.7 Å². The molecule has 122 valence electrons. The van der Waals surface area contributed by atoms with E-state index in [2.05, 4.69) is 15.3 Å². The number of hydrogen-bond donors (Lipinski definition) is 1. The Kier molecular flexibility index (Phi) is 3.65. The molecule has 0 unspecified atom stereocenters. The summed E-state index contributed by atoms with van der Waals surface area (Å²) < 4.78 is 1.74. The number of rotatable bonds is 3. The number of aromatic nitrogens is 3. The van der Waals surface area contributed by atoms with Crippen LogP contribution in [0.4, 0.5) is 0 Å². The summed E-state index contributed by atoms with van der Waals surface area (Å²) in [5.74, 6) is 0.653. The van der Waals surface area contributed by atoms with Crippen LogP contribution >= 0.6 is 11.3 Å². The van der Waals surface area contributed by atoms with Gasteiger partial charge in [-0.05, 0) is 30.5 Å². The number of nitrogens with one attached hydrogen (secondary N) is 1. The van der Waals surface area contributed by atoms with Crippen molar-refractivity contribution in [1.82, 2.24) is 19.9 Å². The lowest BCUT2D eigenvalue weighted by Crippen LogP contribution is -2.23. The predicted octanol–water partition coefficient (Wildman–Crippen LogP) is 2.04. The van der Waals surface area contributed by atoms with Crippen LogP contribution in [0.1, 0.15) is 33.0 Å².